The van der Waals surface area contributed by atoms with Crippen molar-refractivity contribution in [3.63, 3.8) is 0 Å². The van der Waals surface area contributed by atoms with Crippen molar-refractivity contribution in [3.8, 4) is 17.2 Å². The molecule has 1 aromatic heterocycles. The number of methoxy groups -OCH3 is 2. The van der Waals surface area contributed by atoms with E-state index in [9.17, 15) is 10.1 Å². The van der Waals surface area contributed by atoms with Crippen LogP contribution in [0.15, 0.2) is 18.2 Å². The van der Waals surface area contributed by atoms with Gasteiger partial charge in [0.15, 0.2) is 11.5 Å². The van der Waals surface area contributed by atoms with Crippen molar-refractivity contribution in [1.82, 2.24) is 9.78 Å². The Kier molecular flexibility index (Phi) is 3.60. The van der Waals surface area contributed by atoms with Crippen molar-refractivity contribution in [2.24, 2.45) is 0 Å². The molecule has 0 unspecified atom stereocenters. The van der Waals surface area contributed by atoms with E-state index in [2.05, 4.69) is 5.10 Å². The highest BCUT2D eigenvalue weighted by Crippen LogP contribution is 2.36. The summed E-state index contributed by atoms with van der Waals surface area (Å²) >= 11 is 0. The van der Waals surface area contributed by atoms with Gasteiger partial charge in [-0.25, -0.2) is 4.68 Å². The van der Waals surface area contributed by atoms with Gasteiger partial charge in [0.25, 0.3) is 5.69 Å². The van der Waals surface area contributed by atoms with Gasteiger partial charge >= 0.3 is 0 Å². The van der Waals surface area contributed by atoms with Crippen molar-refractivity contribution in [2.75, 3.05) is 14.2 Å². The predicted octanol–water partition coefficient (Wildman–Crippen LogP) is 2.41. The lowest BCUT2D eigenvalue weighted by Crippen LogP contribution is -2.05. The third-order valence-electron chi connectivity index (χ3n) is 2.92. The Morgan fingerprint density at radius 3 is 2.20 bits per heavy atom. The summed E-state index contributed by atoms with van der Waals surface area (Å²) in [6, 6.07) is 4.74. The summed E-state index contributed by atoms with van der Waals surface area (Å²) < 4.78 is 11.8. The molecular formula is C13H15N3O4. The summed E-state index contributed by atoms with van der Waals surface area (Å²) in [4.78, 5) is 10.8. The molecule has 0 amide bonds. The summed E-state index contributed by atoms with van der Waals surface area (Å²) in [5.41, 5.74) is 1.84. The molecule has 0 aliphatic heterocycles. The monoisotopic (exact) mass is 277 g/mol. The second-order valence-corrected chi connectivity index (χ2v) is 4.29. The molecule has 0 aliphatic rings. The lowest BCUT2D eigenvalue weighted by Gasteiger charge is -2.11. The Balaban J connectivity index is 2.73. The molecule has 0 saturated carbocycles. The van der Waals surface area contributed by atoms with Crippen LogP contribution in [0.1, 0.15) is 11.4 Å². The highest BCUT2D eigenvalue weighted by atomic mass is 16.6. The zero-order valence-corrected chi connectivity index (χ0v) is 11.7. The first-order valence-corrected chi connectivity index (χ1v) is 5.92. The van der Waals surface area contributed by atoms with E-state index in [-0.39, 0.29) is 5.69 Å². The van der Waals surface area contributed by atoms with Gasteiger partial charge in [-0.3, -0.25) is 10.1 Å². The fourth-order valence-corrected chi connectivity index (χ4v) is 2.05. The predicted molar refractivity (Wildman–Crippen MR) is 72.8 cm³/mol. The first kappa shape index (κ1) is 13.9. The van der Waals surface area contributed by atoms with Crippen molar-refractivity contribution in [3.05, 3.63) is 39.7 Å². The molecule has 0 radical (unpaired) electrons. The molecule has 0 atom stereocenters. The molecule has 0 saturated heterocycles. The highest BCUT2D eigenvalue weighted by molar-refractivity contribution is 5.62. The number of benzene rings is 1. The molecular weight excluding hydrogens is 262 g/mol. The van der Waals surface area contributed by atoms with Gasteiger partial charge in [-0.05, 0) is 19.9 Å². The van der Waals surface area contributed by atoms with E-state index in [0.717, 1.165) is 11.4 Å². The lowest BCUT2D eigenvalue weighted by molar-refractivity contribution is -0.384. The maximum atomic E-state index is 11.2. The minimum atomic E-state index is -0.465. The fraction of sp³-hybridized carbons (Fsp3) is 0.308. The van der Waals surface area contributed by atoms with Crippen LogP contribution in [0.2, 0.25) is 0 Å². The van der Waals surface area contributed by atoms with Crippen LogP contribution in [-0.4, -0.2) is 28.9 Å². The molecule has 0 spiro atoms. The van der Waals surface area contributed by atoms with Crippen LogP contribution >= 0.6 is 0 Å². The molecule has 0 N–H and O–H groups in total. The number of hydrogen-bond acceptors (Lipinski definition) is 5. The summed E-state index contributed by atoms with van der Waals surface area (Å²) in [6.07, 6.45) is 0. The van der Waals surface area contributed by atoms with Crippen molar-refractivity contribution in [1.29, 1.82) is 0 Å². The van der Waals surface area contributed by atoms with E-state index in [1.54, 1.807) is 6.07 Å². The van der Waals surface area contributed by atoms with Crippen molar-refractivity contribution >= 4 is 5.69 Å². The maximum absolute atomic E-state index is 11.2. The van der Waals surface area contributed by atoms with Gasteiger partial charge in [0.2, 0.25) is 0 Å². The standard InChI is InChI=1S/C13H15N3O4/c1-8-5-9(2)15(14-8)10-6-12(19-3)13(20-4)7-11(10)16(17)18/h5-7H,1-4H3. The van der Waals surface area contributed by atoms with Crippen LogP contribution < -0.4 is 9.47 Å². The van der Waals surface area contributed by atoms with Gasteiger partial charge in [-0.2, -0.15) is 5.10 Å². The van der Waals surface area contributed by atoms with Crippen molar-refractivity contribution < 1.29 is 14.4 Å². The first-order chi connectivity index (χ1) is 9.47. The van der Waals surface area contributed by atoms with Crippen LogP contribution in [0.4, 0.5) is 5.69 Å². The van der Waals surface area contributed by atoms with E-state index in [1.165, 1.54) is 25.0 Å². The number of aromatic nitrogens is 2. The summed E-state index contributed by atoms with van der Waals surface area (Å²) in [7, 11) is 2.92. The second-order valence-electron chi connectivity index (χ2n) is 4.29. The SMILES string of the molecule is COc1cc(-n2nc(C)cc2C)c([N+](=O)[O-])cc1OC. The Labute approximate surface area is 115 Å². The molecule has 0 bridgehead atoms. The number of rotatable bonds is 4. The molecule has 7 nitrogen and oxygen atoms in total. The zero-order chi connectivity index (χ0) is 14.9. The second kappa shape index (κ2) is 5.20. The van der Waals surface area contributed by atoms with Crippen LogP contribution in [0, 0.1) is 24.0 Å². The highest BCUT2D eigenvalue weighted by Gasteiger charge is 2.22. The van der Waals surface area contributed by atoms with Crippen LogP contribution in [0.5, 0.6) is 11.5 Å². The number of ether oxygens (including phenoxy) is 2. The van der Waals surface area contributed by atoms with Crippen LogP contribution in [0.3, 0.4) is 0 Å². The largest absolute Gasteiger partial charge is 0.493 e. The summed E-state index contributed by atoms with van der Waals surface area (Å²) in [5.74, 6) is 0.727. The van der Waals surface area contributed by atoms with Crippen LogP contribution in [-0.2, 0) is 0 Å². The average molecular weight is 277 g/mol. The molecule has 20 heavy (non-hydrogen) atoms. The Morgan fingerprint density at radius 1 is 1.15 bits per heavy atom. The quantitative estimate of drug-likeness (QED) is 0.633. The van der Waals surface area contributed by atoms with Crippen LogP contribution in [0.25, 0.3) is 5.69 Å². The molecule has 2 rings (SSSR count). The molecule has 7 heteroatoms. The van der Waals surface area contributed by atoms with E-state index in [0.29, 0.717) is 17.2 Å². The third kappa shape index (κ3) is 2.29. The van der Waals surface area contributed by atoms with E-state index >= 15 is 0 Å². The molecule has 2 aromatic rings. The third-order valence-corrected chi connectivity index (χ3v) is 2.92. The molecule has 0 aliphatic carbocycles. The fourth-order valence-electron chi connectivity index (χ4n) is 2.05. The number of hydrogen-bond donors (Lipinski definition) is 0. The smallest absolute Gasteiger partial charge is 0.298 e. The van der Waals surface area contributed by atoms with Gasteiger partial charge in [0, 0.05) is 11.8 Å². The number of nitro benzene ring substituents is 1. The van der Waals surface area contributed by atoms with Gasteiger partial charge in [-0.15, -0.1) is 0 Å². The topological polar surface area (TPSA) is 79.4 Å². The molecule has 1 heterocycles. The Bertz CT molecular complexity index is 664. The first-order valence-electron chi connectivity index (χ1n) is 5.92. The van der Waals surface area contributed by atoms with E-state index in [4.69, 9.17) is 9.47 Å². The molecule has 1 aromatic carbocycles. The van der Waals surface area contributed by atoms with Gasteiger partial charge in [0.1, 0.15) is 5.69 Å². The summed E-state index contributed by atoms with van der Waals surface area (Å²) in [6.45, 7) is 3.66. The number of nitrogens with zero attached hydrogens (tertiary/aromatic N) is 3. The zero-order valence-electron chi connectivity index (χ0n) is 11.7. The average Bonchev–Trinajstić information content (AvgIpc) is 2.75. The van der Waals surface area contributed by atoms with Gasteiger partial charge < -0.3 is 9.47 Å². The minimum Gasteiger partial charge on any atom is -0.493 e. The van der Waals surface area contributed by atoms with Crippen molar-refractivity contribution in [2.45, 2.75) is 13.8 Å². The Hall–Kier alpha value is -2.57. The lowest BCUT2D eigenvalue weighted by atomic mass is 10.2. The Morgan fingerprint density at radius 2 is 1.75 bits per heavy atom. The summed E-state index contributed by atoms with van der Waals surface area (Å²) in [5, 5.41) is 15.5. The number of aryl methyl sites for hydroxylation is 2. The van der Waals surface area contributed by atoms with E-state index in [1.807, 2.05) is 19.9 Å². The minimum absolute atomic E-state index is 0.0890. The molecule has 106 valence electrons. The maximum Gasteiger partial charge on any atom is 0.298 e. The van der Waals surface area contributed by atoms with E-state index < -0.39 is 4.92 Å². The normalized spacial score (nSPS) is 10.4. The van der Waals surface area contributed by atoms with Gasteiger partial charge in [0.05, 0.1) is 30.9 Å². The molecule has 0 fully saturated rings. The number of nitro groups is 1. The van der Waals surface area contributed by atoms with Gasteiger partial charge in [-0.1, -0.05) is 0 Å².